The van der Waals surface area contributed by atoms with E-state index in [9.17, 15) is 9.59 Å². The van der Waals surface area contributed by atoms with Crippen LogP contribution in [-0.2, 0) is 4.79 Å². The number of benzene rings is 3. The normalized spacial score (nSPS) is 16.1. The van der Waals surface area contributed by atoms with Crippen molar-refractivity contribution in [2.75, 3.05) is 17.2 Å². The van der Waals surface area contributed by atoms with E-state index in [2.05, 4.69) is 10.6 Å². The van der Waals surface area contributed by atoms with E-state index in [1.54, 1.807) is 4.90 Å². The van der Waals surface area contributed by atoms with Gasteiger partial charge in [0.25, 0.3) is 0 Å². The van der Waals surface area contributed by atoms with Gasteiger partial charge in [0.1, 0.15) is 6.54 Å². The van der Waals surface area contributed by atoms with Crippen molar-refractivity contribution in [2.45, 2.75) is 6.04 Å². The van der Waals surface area contributed by atoms with Crippen LogP contribution in [0.5, 0.6) is 0 Å². The van der Waals surface area contributed by atoms with Gasteiger partial charge < -0.3 is 15.5 Å². The highest BCUT2D eigenvalue weighted by Crippen LogP contribution is 2.35. The summed E-state index contributed by atoms with van der Waals surface area (Å²) >= 11 is 0. The zero-order chi connectivity index (χ0) is 18.6. The Morgan fingerprint density at radius 3 is 2.26 bits per heavy atom. The molecule has 1 heterocycles. The molecule has 0 spiro atoms. The number of nitrogens with one attached hydrogen (secondary N) is 2. The molecule has 27 heavy (non-hydrogen) atoms. The Balaban J connectivity index is 1.77. The first-order chi connectivity index (χ1) is 13.2. The Kier molecular flexibility index (Phi) is 4.58. The Morgan fingerprint density at radius 2 is 1.52 bits per heavy atom. The molecule has 0 radical (unpaired) electrons. The molecule has 0 aromatic heterocycles. The maximum atomic E-state index is 13.1. The molecule has 1 unspecified atom stereocenters. The van der Waals surface area contributed by atoms with Gasteiger partial charge >= 0.3 is 6.03 Å². The second-order valence-corrected chi connectivity index (χ2v) is 6.37. The second kappa shape index (κ2) is 7.33. The van der Waals surface area contributed by atoms with Crippen LogP contribution >= 0.6 is 0 Å². The highest BCUT2D eigenvalue weighted by molar-refractivity contribution is 5.99. The molecule has 1 aliphatic heterocycles. The summed E-state index contributed by atoms with van der Waals surface area (Å²) in [5, 5.41) is 5.81. The van der Waals surface area contributed by atoms with E-state index in [4.69, 9.17) is 0 Å². The number of hydrogen-bond donors (Lipinski definition) is 2. The summed E-state index contributed by atoms with van der Waals surface area (Å²) in [7, 11) is 0. The molecule has 2 N–H and O–H groups in total. The molecule has 3 aromatic rings. The molecule has 4 rings (SSSR count). The van der Waals surface area contributed by atoms with Crippen LogP contribution in [-0.4, -0.2) is 23.4 Å². The highest BCUT2D eigenvalue weighted by Gasteiger charge is 2.33. The van der Waals surface area contributed by atoms with E-state index in [1.165, 1.54) is 0 Å². The molecule has 1 atom stereocenters. The Labute approximate surface area is 157 Å². The van der Waals surface area contributed by atoms with E-state index >= 15 is 0 Å². The van der Waals surface area contributed by atoms with Crippen LogP contribution in [0, 0.1) is 0 Å². The monoisotopic (exact) mass is 357 g/mol. The summed E-state index contributed by atoms with van der Waals surface area (Å²) < 4.78 is 0. The quantitative estimate of drug-likeness (QED) is 0.720. The SMILES string of the molecule is O=C1CN(C(=O)Nc2ccccc2)C(c2ccccc2)c2ccccc2N1. The van der Waals surface area contributed by atoms with Crippen molar-refractivity contribution in [3.8, 4) is 0 Å². The van der Waals surface area contributed by atoms with Gasteiger partial charge in [-0.15, -0.1) is 0 Å². The zero-order valence-corrected chi connectivity index (χ0v) is 14.6. The lowest BCUT2D eigenvalue weighted by molar-refractivity contribution is -0.116. The van der Waals surface area contributed by atoms with E-state index in [-0.39, 0.29) is 24.5 Å². The Bertz CT molecular complexity index is 958. The average Bonchev–Trinajstić information content (AvgIpc) is 2.85. The smallest absolute Gasteiger partial charge is 0.323 e. The van der Waals surface area contributed by atoms with Crippen LogP contribution in [0.2, 0.25) is 0 Å². The molecule has 5 heteroatoms. The summed E-state index contributed by atoms with van der Waals surface area (Å²) in [5.74, 6) is -0.218. The number of urea groups is 1. The summed E-state index contributed by atoms with van der Waals surface area (Å²) in [4.78, 5) is 27.1. The van der Waals surface area contributed by atoms with Crippen LogP contribution in [0.1, 0.15) is 17.2 Å². The molecule has 3 amide bonds. The number of nitrogens with zero attached hydrogens (tertiary/aromatic N) is 1. The van der Waals surface area contributed by atoms with Crippen LogP contribution in [0.4, 0.5) is 16.2 Å². The third-order valence-corrected chi connectivity index (χ3v) is 4.56. The van der Waals surface area contributed by atoms with Crippen molar-refractivity contribution in [1.82, 2.24) is 4.90 Å². The number of carbonyl (C=O) groups excluding carboxylic acids is 2. The molecule has 5 nitrogen and oxygen atoms in total. The first-order valence-electron chi connectivity index (χ1n) is 8.79. The molecule has 0 fully saturated rings. The topological polar surface area (TPSA) is 61.4 Å². The first-order valence-corrected chi connectivity index (χ1v) is 8.79. The minimum atomic E-state index is -0.370. The average molecular weight is 357 g/mol. The number of rotatable bonds is 2. The van der Waals surface area contributed by atoms with Gasteiger partial charge in [0.2, 0.25) is 5.91 Å². The standard InChI is InChI=1S/C22H19N3O2/c26-20-15-25(22(27)23-17-11-5-2-6-12-17)21(16-9-3-1-4-10-16)18-13-7-8-14-19(18)24-20/h1-14,21H,15H2,(H,23,27)(H,24,26). The molecule has 1 aliphatic rings. The van der Waals surface area contributed by atoms with Crippen molar-refractivity contribution < 1.29 is 9.59 Å². The summed E-state index contributed by atoms with van der Waals surface area (Å²) in [5.41, 5.74) is 3.25. The van der Waals surface area contributed by atoms with Crippen molar-refractivity contribution in [3.63, 3.8) is 0 Å². The van der Waals surface area contributed by atoms with E-state index in [0.29, 0.717) is 5.69 Å². The number of carbonyl (C=O) groups is 2. The van der Waals surface area contributed by atoms with Gasteiger partial charge in [0.05, 0.1) is 6.04 Å². The largest absolute Gasteiger partial charge is 0.324 e. The van der Waals surface area contributed by atoms with Gasteiger partial charge in [0, 0.05) is 16.9 Å². The predicted molar refractivity (Wildman–Crippen MR) is 106 cm³/mol. The van der Waals surface area contributed by atoms with Gasteiger partial charge in [-0.3, -0.25) is 4.79 Å². The lowest BCUT2D eigenvalue weighted by Gasteiger charge is -2.30. The minimum absolute atomic E-state index is 0.0348. The van der Waals surface area contributed by atoms with Gasteiger partial charge in [0.15, 0.2) is 0 Å². The molecule has 134 valence electrons. The van der Waals surface area contributed by atoms with Gasteiger partial charge in [-0.25, -0.2) is 4.79 Å². The molecule has 0 saturated heterocycles. The third kappa shape index (κ3) is 3.53. The van der Waals surface area contributed by atoms with E-state index < -0.39 is 0 Å². The fourth-order valence-electron chi connectivity index (χ4n) is 3.35. The van der Waals surface area contributed by atoms with Crippen molar-refractivity contribution in [2.24, 2.45) is 0 Å². The number of para-hydroxylation sites is 2. The molecule has 0 aliphatic carbocycles. The van der Waals surface area contributed by atoms with E-state index in [1.807, 2.05) is 84.9 Å². The van der Waals surface area contributed by atoms with Gasteiger partial charge in [-0.2, -0.15) is 0 Å². The van der Waals surface area contributed by atoms with Gasteiger partial charge in [-0.1, -0.05) is 66.7 Å². The number of amides is 3. The van der Waals surface area contributed by atoms with Crippen LogP contribution in [0.15, 0.2) is 84.9 Å². The van der Waals surface area contributed by atoms with Crippen LogP contribution in [0.3, 0.4) is 0 Å². The number of hydrogen-bond acceptors (Lipinski definition) is 2. The van der Waals surface area contributed by atoms with Crippen LogP contribution in [0.25, 0.3) is 0 Å². The lowest BCUT2D eigenvalue weighted by Crippen LogP contribution is -2.41. The summed E-state index contributed by atoms with van der Waals surface area (Å²) in [6.07, 6.45) is 0. The molecule has 3 aromatic carbocycles. The van der Waals surface area contributed by atoms with Crippen molar-refractivity contribution in [1.29, 1.82) is 0 Å². The van der Waals surface area contributed by atoms with Crippen molar-refractivity contribution >= 4 is 23.3 Å². The fraction of sp³-hybridized carbons (Fsp3) is 0.0909. The highest BCUT2D eigenvalue weighted by atomic mass is 16.2. The van der Waals surface area contributed by atoms with Crippen LogP contribution < -0.4 is 10.6 Å². The maximum absolute atomic E-state index is 13.1. The Hall–Kier alpha value is -3.60. The number of anilines is 2. The van der Waals surface area contributed by atoms with Crippen molar-refractivity contribution in [3.05, 3.63) is 96.1 Å². The molecule has 0 saturated carbocycles. The minimum Gasteiger partial charge on any atom is -0.324 e. The first kappa shape index (κ1) is 16.8. The zero-order valence-electron chi connectivity index (χ0n) is 14.6. The predicted octanol–water partition coefficient (Wildman–Crippen LogP) is 4.26. The van der Waals surface area contributed by atoms with Gasteiger partial charge in [-0.05, 0) is 23.8 Å². The second-order valence-electron chi connectivity index (χ2n) is 6.37. The lowest BCUT2D eigenvalue weighted by atomic mass is 9.96. The molecule has 0 bridgehead atoms. The summed E-state index contributed by atoms with van der Waals surface area (Å²) in [6.45, 7) is -0.0348. The maximum Gasteiger partial charge on any atom is 0.323 e. The Morgan fingerprint density at radius 1 is 0.889 bits per heavy atom. The van der Waals surface area contributed by atoms with E-state index in [0.717, 1.165) is 16.8 Å². The molecular weight excluding hydrogens is 338 g/mol. The molecular formula is C22H19N3O2. The fourth-order valence-corrected chi connectivity index (χ4v) is 3.35. The number of fused-ring (bicyclic) bond motifs is 1. The third-order valence-electron chi connectivity index (χ3n) is 4.56. The summed E-state index contributed by atoms with van der Waals surface area (Å²) in [6, 6.07) is 25.9.